The molecule has 0 spiro atoms. The van der Waals surface area contributed by atoms with Gasteiger partial charge < -0.3 is 10.2 Å². The molecule has 0 saturated heterocycles. The van der Waals surface area contributed by atoms with Crippen molar-refractivity contribution in [2.75, 3.05) is 13.1 Å². The van der Waals surface area contributed by atoms with Gasteiger partial charge in [-0.3, -0.25) is 24.8 Å². The zero-order valence-electron chi connectivity index (χ0n) is 16.6. The first-order valence-corrected chi connectivity index (χ1v) is 9.75. The lowest BCUT2D eigenvalue weighted by atomic mass is 10.0. The molecule has 2 heterocycles. The number of hydrogen-bond acceptors (Lipinski definition) is 5. The molecular formula is C20H25N5O4. The summed E-state index contributed by atoms with van der Waals surface area (Å²) >= 11 is 0. The van der Waals surface area contributed by atoms with Crippen molar-refractivity contribution in [1.82, 2.24) is 20.4 Å². The van der Waals surface area contributed by atoms with Gasteiger partial charge in [-0.15, -0.1) is 0 Å². The number of aromatic nitrogens is 2. The number of para-hydroxylation sites is 1. The molecule has 1 aliphatic rings. The van der Waals surface area contributed by atoms with Crippen molar-refractivity contribution in [1.29, 1.82) is 0 Å². The quantitative estimate of drug-likeness (QED) is 0.546. The molecule has 0 saturated carbocycles. The topological polar surface area (TPSA) is 121 Å². The van der Waals surface area contributed by atoms with Gasteiger partial charge in [0.2, 0.25) is 5.91 Å². The average Bonchev–Trinajstić information content (AvgIpc) is 3.15. The first kappa shape index (κ1) is 20.5. The Bertz CT molecular complexity index is 923. The molecule has 2 aromatic rings. The Hall–Kier alpha value is -3.23. The standard InChI is InChI=1S/C20H25N5O4/c1-3-13(2)11-21-20(27)19-15-12-24(9-8-16(15)22-23-19)18(26)10-14-6-4-5-7-17(14)25(28)29/h4-7,13H,3,8-12H2,1-2H3,(H,21,27)(H,22,23)/t13-/m0/s1. The van der Waals surface area contributed by atoms with Crippen molar-refractivity contribution < 1.29 is 14.5 Å². The monoisotopic (exact) mass is 399 g/mol. The lowest BCUT2D eigenvalue weighted by Crippen LogP contribution is -2.38. The van der Waals surface area contributed by atoms with E-state index in [9.17, 15) is 19.7 Å². The molecule has 0 aliphatic carbocycles. The van der Waals surface area contributed by atoms with Crippen molar-refractivity contribution in [3.63, 3.8) is 0 Å². The minimum atomic E-state index is -0.479. The smallest absolute Gasteiger partial charge is 0.273 e. The minimum Gasteiger partial charge on any atom is -0.350 e. The van der Waals surface area contributed by atoms with Crippen molar-refractivity contribution in [2.45, 2.75) is 39.7 Å². The van der Waals surface area contributed by atoms with E-state index in [2.05, 4.69) is 29.4 Å². The third kappa shape index (κ3) is 4.61. The van der Waals surface area contributed by atoms with Gasteiger partial charge in [-0.1, -0.05) is 38.5 Å². The fourth-order valence-corrected chi connectivity index (χ4v) is 3.30. The number of H-pyrrole nitrogens is 1. The highest BCUT2D eigenvalue weighted by Crippen LogP contribution is 2.23. The number of nitro groups is 1. The van der Waals surface area contributed by atoms with Crippen LogP contribution in [0.2, 0.25) is 0 Å². The highest BCUT2D eigenvalue weighted by atomic mass is 16.6. The number of rotatable bonds is 7. The van der Waals surface area contributed by atoms with Crippen LogP contribution in [-0.2, 0) is 24.2 Å². The van der Waals surface area contributed by atoms with Crippen LogP contribution in [0.25, 0.3) is 0 Å². The van der Waals surface area contributed by atoms with Crippen LogP contribution in [0.15, 0.2) is 24.3 Å². The number of fused-ring (bicyclic) bond motifs is 1. The molecule has 0 bridgehead atoms. The van der Waals surface area contributed by atoms with E-state index in [0.717, 1.165) is 12.1 Å². The number of hydrogen-bond donors (Lipinski definition) is 2. The van der Waals surface area contributed by atoms with Gasteiger partial charge in [-0.05, 0) is 5.92 Å². The Labute approximate surface area is 168 Å². The van der Waals surface area contributed by atoms with Gasteiger partial charge in [-0.2, -0.15) is 5.10 Å². The first-order chi connectivity index (χ1) is 13.9. The van der Waals surface area contributed by atoms with E-state index in [-0.39, 0.29) is 30.5 Å². The zero-order valence-corrected chi connectivity index (χ0v) is 16.6. The average molecular weight is 399 g/mol. The number of nitro benzene ring substituents is 1. The van der Waals surface area contributed by atoms with Gasteiger partial charge in [0.15, 0.2) is 5.69 Å². The molecule has 9 nitrogen and oxygen atoms in total. The third-order valence-corrected chi connectivity index (χ3v) is 5.34. The van der Waals surface area contributed by atoms with E-state index in [1.807, 2.05) is 0 Å². The lowest BCUT2D eigenvalue weighted by molar-refractivity contribution is -0.385. The second kappa shape index (κ2) is 8.85. The normalized spacial score (nSPS) is 14.2. The number of nitrogens with one attached hydrogen (secondary N) is 2. The van der Waals surface area contributed by atoms with Gasteiger partial charge >= 0.3 is 0 Å². The van der Waals surface area contributed by atoms with E-state index >= 15 is 0 Å². The molecule has 2 amide bonds. The SMILES string of the molecule is CC[C@H](C)CNC(=O)c1n[nH]c2c1CN(C(=O)Cc1ccccc1[N+](=O)[O-])CC2. The van der Waals surface area contributed by atoms with Crippen LogP contribution in [0.1, 0.15) is 47.6 Å². The maximum atomic E-state index is 12.8. The third-order valence-electron chi connectivity index (χ3n) is 5.34. The van der Waals surface area contributed by atoms with Crippen molar-refractivity contribution in [2.24, 2.45) is 5.92 Å². The summed E-state index contributed by atoms with van der Waals surface area (Å²) in [5, 5.41) is 21.1. The molecule has 1 aromatic heterocycles. The number of aromatic amines is 1. The largest absolute Gasteiger partial charge is 0.350 e. The van der Waals surface area contributed by atoms with E-state index in [0.29, 0.717) is 42.2 Å². The van der Waals surface area contributed by atoms with Gasteiger partial charge in [-0.25, -0.2) is 0 Å². The Balaban J connectivity index is 1.71. The molecule has 0 radical (unpaired) electrons. The molecule has 1 aliphatic heterocycles. The summed E-state index contributed by atoms with van der Waals surface area (Å²) in [5.41, 5.74) is 2.20. The van der Waals surface area contributed by atoms with E-state index in [1.165, 1.54) is 6.07 Å². The maximum absolute atomic E-state index is 12.8. The first-order valence-electron chi connectivity index (χ1n) is 9.75. The van der Waals surface area contributed by atoms with Crippen molar-refractivity contribution in [3.05, 3.63) is 56.9 Å². The van der Waals surface area contributed by atoms with E-state index < -0.39 is 4.92 Å². The van der Waals surface area contributed by atoms with Crippen LogP contribution >= 0.6 is 0 Å². The summed E-state index contributed by atoms with van der Waals surface area (Å²) < 4.78 is 0. The van der Waals surface area contributed by atoms with Gasteiger partial charge in [0.25, 0.3) is 11.6 Å². The molecule has 9 heteroatoms. The molecule has 3 rings (SSSR count). The van der Waals surface area contributed by atoms with Crippen LogP contribution in [-0.4, -0.2) is 44.9 Å². The minimum absolute atomic E-state index is 0.0557. The molecule has 0 unspecified atom stereocenters. The second-order valence-corrected chi connectivity index (χ2v) is 7.38. The summed E-state index contributed by atoms with van der Waals surface area (Å²) in [6.45, 7) is 5.43. The predicted molar refractivity (Wildman–Crippen MR) is 106 cm³/mol. The van der Waals surface area contributed by atoms with Gasteiger partial charge in [0, 0.05) is 48.9 Å². The highest BCUT2D eigenvalue weighted by molar-refractivity contribution is 5.94. The molecule has 154 valence electrons. The number of carbonyl (C=O) groups excluding carboxylic acids is 2. The Kier molecular flexibility index (Phi) is 6.26. The maximum Gasteiger partial charge on any atom is 0.273 e. The predicted octanol–water partition coefficient (Wildman–Crippen LogP) is 2.22. The van der Waals surface area contributed by atoms with Gasteiger partial charge in [0.1, 0.15) is 0 Å². The Morgan fingerprint density at radius 3 is 2.86 bits per heavy atom. The van der Waals surface area contributed by atoms with Crippen LogP contribution in [0.3, 0.4) is 0 Å². The number of nitrogens with zero attached hydrogens (tertiary/aromatic N) is 3. The van der Waals surface area contributed by atoms with Crippen LogP contribution < -0.4 is 5.32 Å². The second-order valence-electron chi connectivity index (χ2n) is 7.38. The number of benzene rings is 1. The van der Waals surface area contributed by atoms with E-state index in [1.54, 1.807) is 23.1 Å². The molecule has 1 aromatic carbocycles. The summed E-state index contributed by atoms with van der Waals surface area (Å²) in [7, 11) is 0. The zero-order chi connectivity index (χ0) is 21.0. The summed E-state index contributed by atoms with van der Waals surface area (Å²) in [5.74, 6) is -0.0960. The summed E-state index contributed by atoms with van der Waals surface area (Å²) in [6, 6.07) is 6.25. The Morgan fingerprint density at radius 1 is 1.38 bits per heavy atom. The molecule has 2 N–H and O–H groups in total. The van der Waals surface area contributed by atoms with Crippen molar-refractivity contribution in [3.8, 4) is 0 Å². The van der Waals surface area contributed by atoms with Crippen LogP contribution in [0, 0.1) is 16.0 Å². The molecule has 0 fully saturated rings. The molecule has 1 atom stereocenters. The highest BCUT2D eigenvalue weighted by Gasteiger charge is 2.28. The Morgan fingerprint density at radius 2 is 2.14 bits per heavy atom. The van der Waals surface area contributed by atoms with Gasteiger partial charge in [0.05, 0.1) is 11.3 Å². The fourth-order valence-electron chi connectivity index (χ4n) is 3.30. The summed E-state index contributed by atoms with van der Waals surface area (Å²) in [4.78, 5) is 37.6. The fraction of sp³-hybridized carbons (Fsp3) is 0.450. The van der Waals surface area contributed by atoms with E-state index in [4.69, 9.17) is 0 Å². The molecule has 29 heavy (non-hydrogen) atoms. The number of amides is 2. The van der Waals surface area contributed by atoms with Crippen LogP contribution in [0.5, 0.6) is 0 Å². The van der Waals surface area contributed by atoms with Crippen molar-refractivity contribution >= 4 is 17.5 Å². The molecular weight excluding hydrogens is 374 g/mol. The summed E-state index contributed by atoms with van der Waals surface area (Å²) in [6.07, 6.45) is 1.47. The lowest BCUT2D eigenvalue weighted by Gasteiger charge is -2.27. The van der Waals surface area contributed by atoms with Crippen LogP contribution in [0.4, 0.5) is 5.69 Å². The number of carbonyl (C=O) groups is 2.